The Morgan fingerprint density at radius 2 is 2.00 bits per heavy atom. The standard InChI is InChI=1S/C14H15NOS/c16-14-11-7-8-6-10(11)12(15-14)13(8)17-9-4-2-1-3-5-9/h1-5,8,10-13H,6-7H2,(H,15,16). The predicted molar refractivity (Wildman–Crippen MR) is 67.7 cm³/mol. The number of amides is 1. The molecule has 5 atom stereocenters. The highest BCUT2D eigenvalue weighted by Gasteiger charge is 2.59. The van der Waals surface area contributed by atoms with Crippen molar-refractivity contribution in [2.45, 2.75) is 29.0 Å². The summed E-state index contributed by atoms with van der Waals surface area (Å²) in [6, 6.07) is 11.0. The molecule has 17 heavy (non-hydrogen) atoms. The molecule has 2 saturated carbocycles. The second-order valence-electron chi connectivity index (χ2n) is 5.43. The topological polar surface area (TPSA) is 29.1 Å². The minimum absolute atomic E-state index is 0.318. The van der Waals surface area contributed by atoms with Gasteiger partial charge < -0.3 is 5.32 Å². The first-order valence-electron chi connectivity index (χ1n) is 6.35. The van der Waals surface area contributed by atoms with E-state index < -0.39 is 0 Å². The zero-order chi connectivity index (χ0) is 11.4. The molecule has 88 valence electrons. The fourth-order valence-electron chi connectivity index (χ4n) is 3.90. The maximum atomic E-state index is 11.8. The molecule has 5 unspecified atom stereocenters. The van der Waals surface area contributed by atoms with Gasteiger partial charge in [0.2, 0.25) is 5.91 Å². The Bertz CT molecular complexity index is 461. The van der Waals surface area contributed by atoms with Crippen LogP contribution in [0, 0.1) is 17.8 Å². The van der Waals surface area contributed by atoms with E-state index in [0.717, 1.165) is 12.3 Å². The van der Waals surface area contributed by atoms with Gasteiger partial charge >= 0.3 is 0 Å². The Labute approximate surface area is 105 Å². The maximum absolute atomic E-state index is 11.8. The van der Waals surface area contributed by atoms with Crippen LogP contribution in [0.15, 0.2) is 35.2 Å². The quantitative estimate of drug-likeness (QED) is 0.866. The van der Waals surface area contributed by atoms with E-state index >= 15 is 0 Å². The number of fused-ring (bicyclic) bond motifs is 1. The normalized spacial score (nSPS) is 41.9. The maximum Gasteiger partial charge on any atom is 0.223 e. The molecular formula is C14H15NOS. The monoisotopic (exact) mass is 245 g/mol. The number of carbonyl (C=O) groups is 1. The molecule has 2 bridgehead atoms. The van der Waals surface area contributed by atoms with Crippen molar-refractivity contribution in [2.24, 2.45) is 17.8 Å². The first-order chi connectivity index (χ1) is 8.33. The van der Waals surface area contributed by atoms with Gasteiger partial charge in [0.1, 0.15) is 0 Å². The third kappa shape index (κ3) is 1.38. The average Bonchev–Trinajstić information content (AvgIpc) is 2.95. The van der Waals surface area contributed by atoms with Crippen molar-refractivity contribution in [2.75, 3.05) is 0 Å². The van der Waals surface area contributed by atoms with E-state index in [1.807, 2.05) is 11.8 Å². The van der Waals surface area contributed by atoms with Gasteiger partial charge in [0.05, 0.1) is 0 Å². The first-order valence-corrected chi connectivity index (χ1v) is 7.23. The zero-order valence-corrected chi connectivity index (χ0v) is 10.3. The third-order valence-electron chi connectivity index (χ3n) is 4.59. The van der Waals surface area contributed by atoms with Crippen molar-refractivity contribution >= 4 is 17.7 Å². The van der Waals surface area contributed by atoms with Gasteiger partial charge in [0.25, 0.3) is 0 Å². The van der Waals surface area contributed by atoms with Crippen LogP contribution >= 0.6 is 11.8 Å². The minimum Gasteiger partial charge on any atom is -0.352 e. The third-order valence-corrected chi connectivity index (χ3v) is 6.08. The molecule has 1 N–H and O–H groups in total. The van der Waals surface area contributed by atoms with Gasteiger partial charge in [0.15, 0.2) is 0 Å². The summed E-state index contributed by atoms with van der Waals surface area (Å²) in [4.78, 5) is 13.1. The average molecular weight is 245 g/mol. The van der Waals surface area contributed by atoms with Gasteiger partial charge in [-0.25, -0.2) is 0 Å². The lowest BCUT2D eigenvalue weighted by atomic mass is 9.89. The van der Waals surface area contributed by atoms with Crippen molar-refractivity contribution in [3.05, 3.63) is 30.3 Å². The van der Waals surface area contributed by atoms with Crippen LogP contribution in [0.1, 0.15) is 12.8 Å². The molecule has 2 nitrogen and oxygen atoms in total. The number of carbonyl (C=O) groups excluding carboxylic acids is 1. The molecule has 1 heterocycles. The van der Waals surface area contributed by atoms with Gasteiger partial charge in [-0.2, -0.15) is 0 Å². The van der Waals surface area contributed by atoms with Crippen molar-refractivity contribution in [3.63, 3.8) is 0 Å². The summed E-state index contributed by atoms with van der Waals surface area (Å²) in [6.45, 7) is 0. The molecule has 0 spiro atoms. The molecule has 3 fully saturated rings. The summed E-state index contributed by atoms with van der Waals surface area (Å²) in [6.07, 6.45) is 2.38. The van der Waals surface area contributed by atoms with E-state index in [2.05, 4.69) is 35.6 Å². The van der Waals surface area contributed by atoms with E-state index in [1.54, 1.807) is 0 Å². The highest BCUT2D eigenvalue weighted by atomic mass is 32.2. The molecular weight excluding hydrogens is 230 g/mol. The molecule has 1 aliphatic heterocycles. The largest absolute Gasteiger partial charge is 0.352 e. The number of thioether (sulfide) groups is 1. The molecule has 0 aromatic heterocycles. The molecule has 4 rings (SSSR count). The van der Waals surface area contributed by atoms with Crippen molar-refractivity contribution in [1.29, 1.82) is 0 Å². The highest BCUT2D eigenvalue weighted by Crippen LogP contribution is 2.56. The lowest BCUT2D eigenvalue weighted by molar-refractivity contribution is -0.122. The van der Waals surface area contributed by atoms with Gasteiger partial charge in [-0.3, -0.25) is 4.79 Å². The van der Waals surface area contributed by atoms with Crippen LogP contribution in [0.25, 0.3) is 0 Å². The van der Waals surface area contributed by atoms with Crippen molar-refractivity contribution in [1.82, 2.24) is 5.32 Å². The van der Waals surface area contributed by atoms with Gasteiger partial charge in [-0.05, 0) is 36.8 Å². The van der Waals surface area contributed by atoms with E-state index in [-0.39, 0.29) is 0 Å². The van der Waals surface area contributed by atoms with Gasteiger partial charge in [-0.15, -0.1) is 11.8 Å². The van der Waals surface area contributed by atoms with Crippen LogP contribution in [0.2, 0.25) is 0 Å². The van der Waals surface area contributed by atoms with Crippen LogP contribution in [-0.4, -0.2) is 17.2 Å². The number of rotatable bonds is 2. The molecule has 3 aliphatic rings. The molecule has 0 radical (unpaired) electrons. The summed E-state index contributed by atoms with van der Waals surface area (Å²) in [7, 11) is 0. The lowest BCUT2D eigenvalue weighted by Gasteiger charge is -2.26. The summed E-state index contributed by atoms with van der Waals surface area (Å²) in [5.74, 6) is 2.05. The van der Waals surface area contributed by atoms with E-state index in [9.17, 15) is 4.79 Å². The molecule has 1 saturated heterocycles. The Balaban J connectivity index is 1.59. The van der Waals surface area contributed by atoms with Crippen molar-refractivity contribution in [3.8, 4) is 0 Å². The summed E-state index contributed by atoms with van der Waals surface area (Å²) in [5.41, 5.74) is 0. The van der Waals surface area contributed by atoms with Gasteiger partial charge in [-0.1, -0.05) is 18.2 Å². The second-order valence-corrected chi connectivity index (χ2v) is 6.68. The van der Waals surface area contributed by atoms with Crippen LogP contribution in [0.3, 0.4) is 0 Å². The van der Waals surface area contributed by atoms with E-state index in [4.69, 9.17) is 0 Å². The Morgan fingerprint density at radius 3 is 2.82 bits per heavy atom. The summed E-state index contributed by atoms with van der Waals surface area (Å²) >= 11 is 1.96. The summed E-state index contributed by atoms with van der Waals surface area (Å²) < 4.78 is 0. The molecule has 1 amide bonds. The molecule has 3 heteroatoms. The fourth-order valence-corrected chi connectivity index (χ4v) is 5.36. The Kier molecular flexibility index (Phi) is 2.07. The smallest absolute Gasteiger partial charge is 0.223 e. The lowest BCUT2D eigenvalue weighted by Crippen LogP contribution is -2.36. The van der Waals surface area contributed by atoms with Crippen LogP contribution in [0.5, 0.6) is 0 Å². The van der Waals surface area contributed by atoms with E-state index in [0.29, 0.717) is 29.0 Å². The van der Waals surface area contributed by atoms with Crippen LogP contribution in [-0.2, 0) is 4.79 Å². The second kappa shape index (κ2) is 3.52. The minimum atomic E-state index is 0.318. The number of hydrogen-bond donors (Lipinski definition) is 1. The van der Waals surface area contributed by atoms with Gasteiger partial charge in [0, 0.05) is 22.1 Å². The Hall–Kier alpha value is -0.960. The Morgan fingerprint density at radius 1 is 1.18 bits per heavy atom. The molecule has 1 aromatic carbocycles. The predicted octanol–water partition coefficient (Wildman–Crippen LogP) is 2.30. The molecule has 2 aliphatic carbocycles. The highest BCUT2D eigenvalue weighted by molar-refractivity contribution is 8.00. The fraction of sp³-hybridized carbons (Fsp3) is 0.500. The van der Waals surface area contributed by atoms with Crippen LogP contribution in [0.4, 0.5) is 0 Å². The summed E-state index contributed by atoms with van der Waals surface area (Å²) in [5, 5.41) is 3.82. The number of benzene rings is 1. The van der Waals surface area contributed by atoms with Crippen molar-refractivity contribution < 1.29 is 4.79 Å². The number of hydrogen-bond acceptors (Lipinski definition) is 2. The van der Waals surface area contributed by atoms with E-state index in [1.165, 1.54) is 11.3 Å². The zero-order valence-electron chi connectivity index (χ0n) is 9.50. The number of nitrogens with one attached hydrogen (secondary N) is 1. The van der Waals surface area contributed by atoms with Crippen LogP contribution < -0.4 is 5.32 Å². The first kappa shape index (κ1) is 10.0. The SMILES string of the molecule is O=C1NC2C3CC(CC13)C2Sc1ccccc1. The molecule has 1 aromatic rings.